The Bertz CT molecular complexity index is 790. The number of imide groups is 1. The van der Waals surface area contributed by atoms with Gasteiger partial charge in [0.1, 0.15) is 15.5 Å². The summed E-state index contributed by atoms with van der Waals surface area (Å²) in [6.45, 7) is -0.0419. The van der Waals surface area contributed by atoms with E-state index in [-0.39, 0.29) is 16.6 Å². The van der Waals surface area contributed by atoms with Gasteiger partial charge in [-0.25, -0.2) is 0 Å². The molecule has 4 atom stereocenters. The summed E-state index contributed by atoms with van der Waals surface area (Å²) in [6, 6.07) is 3.32. The molecule has 1 aromatic heterocycles. The maximum atomic E-state index is 13.1. The number of carbonyl (C=O) groups is 2. The van der Waals surface area contributed by atoms with Gasteiger partial charge in [-0.2, -0.15) is 0 Å². The largest absolute Gasteiger partial charge is 0.467 e. The molecule has 0 spiro atoms. The summed E-state index contributed by atoms with van der Waals surface area (Å²) >= 11 is 26.4. The second kappa shape index (κ2) is 5.63. The van der Waals surface area contributed by atoms with Crippen LogP contribution in [0.3, 0.4) is 0 Å². The molecule has 1 saturated heterocycles. The van der Waals surface area contributed by atoms with Gasteiger partial charge in [0.15, 0.2) is 0 Å². The standard InChI is InChI=1S/C16H13Cl4NO5/c1-24-16(25-2)14(19)8-9(15(16,20)11(18)10(14)17)13(23)21(12(8)22)6-7-4-3-5-26-7/h3-5,8-9H,6H2,1-2H3/t8-,9+,14-,15-/m0/s1. The first-order valence-electron chi connectivity index (χ1n) is 7.64. The lowest BCUT2D eigenvalue weighted by molar-refractivity contribution is -0.222. The smallest absolute Gasteiger partial charge is 0.235 e. The number of likely N-dealkylation sites (tertiary alicyclic amines) is 1. The van der Waals surface area contributed by atoms with Gasteiger partial charge in [-0.05, 0) is 12.1 Å². The molecule has 4 rings (SSSR count). The molecule has 2 fully saturated rings. The first-order chi connectivity index (χ1) is 12.2. The summed E-state index contributed by atoms with van der Waals surface area (Å²) < 4.78 is 16.3. The highest BCUT2D eigenvalue weighted by Crippen LogP contribution is 2.75. The van der Waals surface area contributed by atoms with E-state index in [1.165, 1.54) is 20.5 Å². The van der Waals surface area contributed by atoms with Crippen LogP contribution in [0.2, 0.25) is 0 Å². The van der Waals surface area contributed by atoms with Gasteiger partial charge in [-0.3, -0.25) is 14.5 Å². The van der Waals surface area contributed by atoms with Gasteiger partial charge in [0.05, 0.1) is 34.7 Å². The number of hydrogen-bond acceptors (Lipinski definition) is 5. The minimum Gasteiger partial charge on any atom is -0.467 e. The van der Waals surface area contributed by atoms with Crippen molar-refractivity contribution >= 4 is 58.2 Å². The SMILES string of the molecule is COC1(OC)[C@@]2(Cl)C(Cl)=C(Cl)[C@@]1(Cl)[C@H]1C(=O)N(Cc3ccco3)C(=O)[C@H]12. The highest BCUT2D eigenvalue weighted by atomic mass is 35.5. The molecule has 2 amide bonds. The van der Waals surface area contributed by atoms with E-state index >= 15 is 0 Å². The Kier molecular flexibility index (Phi) is 4.02. The van der Waals surface area contributed by atoms with Gasteiger partial charge in [-0.15, -0.1) is 23.2 Å². The second-order valence-electron chi connectivity index (χ2n) is 6.37. The van der Waals surface area contributed by atoms with Crippen molar-refractivity contribution < 1.29 is 23.5 Å². The van der Waals surface area contributed by atoms with Gasteiger partial charge >= 0.3 is 0 Å². The van der Waals surface area contributed by atoms with Gasteiger partial charge in [0, 0.05) is 14.2 Å². The van der Waals surface area contributed by atoms with Crippen LogP contribution in [0.4, 0.5) is 0 Å². The normalized spacial score (nSPS) is 37.8. The Balaban J connectivity index is 1.86. The zero-order chi connectivity index (χ0) is 19.1. The molecule has 6 nitrogen and oxygen atoms in total. The minimum absolute atomic E-state index is 0.0419. The zero-order valence-electron chi connectivity index (χ0n) is 13.6. The number of alkyl halides is 2. The van der Waals surface area contributed by atoms with Crippen molar-refractivity contribution in [3.8, 4) is 0 Å². The van der Waals surface area contributed by atoms with E-state index in [1.54, 1.807) is 12.1 Å². The first-order valence-corrected chi connectivity index (χ1v) is 9.15. The summed E-state index contributed by atoms with van der Waals surface area (Å²) in [5, 5.41) is -0.108. The summed E-state index contributed by atoms with van der Waals surface area (Å²) in [5.74, 6) is -4.56. The van der Waals surface area contributed by atoms with Crippen molar-refractivity contribution in [1.82, 2.24) is 4.90 Å². The van der Waals surface area contributed by atoms with Gasteiger partial charge in [-0.1, -0.05) is 23.2 Å². The van der Waals surface area contributed by atoms with E-state index in [1.807, 2.05) is 0 Å². The summed E-state index contributed by atoms with van der Waals surface area (Å²) in [5.41, 5.74) is 0. The summed E-state index contributed by atoms with van der Waals surface area (Å²) in [4.78, 5) is 23.8. The van der Waals surface area contributed by atoms with Gasteiger partial charge in [0.2, 0.25) is 17.6 Å². The fraction of sp³-hybridized carbons (Fsp3) is 0.500. The quantitative estimate of drug-likeness (QED) is 0.409. The fourth-order valence-corrected chi connectivity index (χ4v) is 6.64. The average molecular weight is 441 g/mol. The van der Waals surface area contributed by atoms with Crippen molar-refractivity contribution in [1.29, 1.82) is 0 Å². The second-order valence-corrected chi connectivity index (χ2v) is 8.32. The predicted octanol–water partition coefficient (Wildman–Crippen LogP) is 3.04. The Labute approximate surface area is 168 Å². The van der Waals surface area contributed by atoms with Crippen molar-refractivity contribution in [2.24, 2.45) is 11.8 Å². The van der Waals surface area contributed by atoms with Crippen molar-refractivity contribution in [3.63, 3.8) is 0 Å². The van der Waals surface area contributed by atoms with Crippen LogP contribution in [0.25, 0.3) is 0 Å². The molecular formula is C16H13Cl4NO5. The monoisotopic (exact) mass is 439 g/mol. The number of rotatable bonds is 4. The molecular weight excluding hydrogens is 428 g/mol. The molecule has 2 heterocycles. The van der Waals surface area contributed by atoms with Crippen LogP contribution in [0.15, 0.2) is 32.9 Å². The lowest BCUT2D eigenvalue weighted by Crippen LogP contribution is -2.60. The highest BCUT2D eigenvalue weighted by Gasteiger charge is 2.89. The van der Waals surface area contributed by atoms with E-state index in [4.69, 9.17) is 60.3 Å². The van der Waals surface area contributed by atoms with E-state index in [0.717, 1.165) is 4.90 Å². The predicted molar refractivity (Wildman–Crippen MR) is 93.9 cm³/mol. The molecule has 0 unspecified atom stereocenters. The molecule has 26 heavy (non-hydrogen) atoms. The summed E-state index contributed by atoms with van der Waals surface area (Å²) in [6.07, 6.45) is 1.45. The Hall–Kier alpha value is -0.760. The van der Waals surface area contributed by atoms with E-state index in [9.17, 15) is 9.59 Å². The molecule has 0 N–H and O–H groups in total. The highest BCUT2D eigenvalue weighted by molar-refractivity contribution is 6.53. The number of halogens is 4. The van der Waals surface area contributed by atoms with Crippen molar-refractivity contribution in [2.75, 3.05) is 14.2 Å². The molecule has 1 aliphatic heterocycles. The van der Waals surface area contributed by atoms with E-state index < -0.39 is 39.2 Å². The van der Waals surface area contributed by atoms with Crippen LogP contribution in [0.1, 0.15) is 5.76 Å². The van der Waals surface area contributed by atoms with Crippen LogP contribution in [-0.2, 0) is 25.6 Å². The lowest BCUT2D eigenvalue weighted by atomic mass is 9.84. The number of amides is 2. The Morgan fingerprint density at radius 1 is 1.08 bits per heavy atom. The maximum absolute atomic E-state index is 13.1. The topological polar surface area (TPSA) is 69.0 Å². The van der Waals surface area contributed by atoms with Crippen molar-refractivity contribution in [2.45, 2.75) is 22.1 Å². The number of nitrogens with zero attached hydrogens (tertiary/aromatic N) is 1. The molecule has 0 aromatic carbocycles. The van der Waals surface area contributed by atoms with Gasteiger partial charge < -0.3 is 13.9 Å². The third kappa shape index (κ3) is 1.70. The Morgan fingerprint density at radius 3 is 1.96 bits per heavy atom. The van der Waals surface area contributed by atoms with Crippen LogP contribution >= 0.6 is 46.4 Å². The number of fused-ring (bicyclic) bond motifs is 5. The number of furan rings is 1. The third-order valence-electron chi connectivity index (χ3n) is 5.51. The first kappa shape index (κ1) is 18.6. The summed E-state index contributed by atoms with van der Waals surface area (Å²) in [7, 11) is 2.63. The molecule has 1 saturated carbocycles. The molecule has 140 valence electrons. The number of hydrogen-bond donors (Lipinski definition) is 0. The zero-order valence-corrected chi connectivity index (χ0v) is 16.6. The average Bonchev–Trinajstić information content (AvgIpc) is 3.29. The van der Waals surface area contributed by atoms with Crippen LogP contribution < -0.4 is 0 Å². The molecule has 3 aliphatic rings. The fourth-order valence-electron chi connectivity index (χ4n) is 4.48. The van der Waals surface area contributed by atoms with Crippen LogP contribution in [0.5, 0.6) is 0 Å². The van der Waals surface area contributed by atoms with E-state index in [2.05, 4.69) is 0 Å². The lowest BCUT2D eigenvalue weighted by Gasteiger charge is -2.42. The van der Waals surface area contributed by atoms with Crippen LogP contribution in [-0.4, -0.2) is 46.5 Å². The van der Waals surface area contributed by atoms with Crippen LogP contribution in [0, 0.1) is 11.8 Å². The van der Waals surface area contributed by atoms with Crippen molar-refractivity contribution in [3.05, 3.63) is 34.2 Å². The minimum atomic E-state index is -1.77. The maximum Gasteiger partial charge on any atom is 0.235 e. The molecule has 2 bridgehead atoms. The number of ether oxygens (including phenoxy) is 2. The van der Waals surface area contributed by atoms with Gasteiger partial charge in [0.25, 0.3) is 0 Å². The number of carbonyl (C=O) groups excluding carboxylic acids is 2. The molecule has 0 radical (unpaired) electrons. The molecule has 2 aliphatic carbocycles. The molecule has 10 heteroatoms. The van der Waals surface area contributed by atoms with E-state index in [0.29, 0.717) is 5.76 Å². The molecule has 1 aromatic rings. The number of methoxy groups -OCH3 is 2. The third-order valence-corrected chi connectivity index (χ3v) is 8.12. The Morgan fingerprint density at radius 2 is 1.58 bits per heavy atom.